The third-order valence-corrected chi connectivity index (χ3v) is 4.58. The second kappa shape index (κ2) is 6.01. The molecule has 0 atom stereocenters. The van der Waals surface area contributed by atoms with Crippen LogP contribution in [0.25, 0.3) is 10.9 Å². The highest BCUT2D eigenvalue weighted by molar-refractivity contribution is 5.83. The Morgan fingerprint density at radius 2 is 1.70 bits per heavy atom. The lowest BCUT2D eigenvalue weighted by Crippen LogP contribution is -2.46. The summed E-state index contributed by atoms with van der Waals surface area (Å²) in [7, 11) is 2.12. The summed E-state index contributed by atoms with van der Waals surface area (Å²) in [4.78, 5) is 13.5. The van der Waals surface area contributed by atoms with Crippen molar-refractivity contribution < 1.29 is 0 Å². The van der Waals surface area contributed by atoms with Gasteiger partial charge >= 0.3 is 0 Å². The van der Waals surface area contributed by atoms with E-state index in [9.17, 15) is 0 Å². The second-order valence-electron chi connectivity index (χ2n) is 6.09. The Balaban J connectivity index is 1.45. The zero-order valence-electron chi connectivity index (χ0n) is 13.4. The van der Waals surface area contributed by atoms with E-state index in [1.165, 1.54) is 16.5 Å². The van der Waals surface area contributed by atoms with E-state index in [2.05, 4.69) is 61.8 Å². The first-order chi connectivity index (χ1) is 11.3. The summed E-state index contributed by atoms with van der Waals surface area (Å²) in [5.41, 5.74) is 2.71. The average molecular weight is 307 g/mol. The van der Waals surface area contributed by atoms with Crippen molar-refractivity contribution in [1.29, 1.82) is 0 Å². The highest BCUT2D eigenvalue weighted by atomic mass is 15.3. The van der Waals surface area contributed by atoms with Crippen LogP contribution in [0.4, 0.5) is 5.95 Å². The highest BCUT2D eigenvalue weighted by Gasteiger charge is 2.19. The van der Waals surface area contributed by atoms with Crippen LogP contribution in [0.1, 0.15) is 5.56 Å². The molecule has 1 aliphatic heterocycles. The van der Waals surface area contributed by atoms with Crippen molar-refractivity contribution in [2.45, 2.75) is 6.54 Å². The molecule has 0 bridgehead atoms. The monoisotopic (exact) mass is 307 g/mol. The summed E-state index contributed by atoms with van der Waals surface area (Å²) in [6.45, 7) is 5.05. The van der Waals surface area contributed by atoms with Gasteiger partial charge in [0.2, 0.25) is 5.95 Å². The first-order valence-electron chi connectivity index (χ1n) is 8.08. The number of hydrogen-bond donors (Lipinski definition) is 0. The van der Waals surface area contributed by atoms with Gasteiger partial charge in [-0.25, -0.2) is 9.97 Å². The normalized spacial score (nSPS) is 16.1. The van der Waals surface area contributed by atoms with Gasteiger partial charge in [-0.1, -0.05) is 18.2 Å². The van der Waals surface area contributed by atoms with E-state index in [0.717, 1.165) is 38.7 Å². The van der Waals surface area contributed by atoms with Crippen LogP contribution >= 0.6 is 0 Å². The Labute approximate surface area is 136 Å². The zero-order valence-corrected chi connectivity index (χ0v) is 13.4. The number of hydrogen-bond acceptors (Lipinski definition) is 4. The molecule has 23 heavy (non-hydrogen) atoms. The lowest BCUT2D eigenvalue weighted by molar-refractivity contribution is 0.249. The average Bonchev–Trinajstić information content (AvgIpc) is 2.93. The van der Waals surface area contributed by atoms with Gasteiger partial charge in [-0.15, -0.1) is 0 Å². The molecule has 1 aromatic carbocycles. The minimum absolute atomic E-state index is 0.845. The molecule has 3 heterocycles. The van der Waals surface area contributed by atoms with E-state index in [1.54, 1.807) is 0 Å². The molecule has 0 N–H and O–H groups in total. The molecular formula is C18H21N5. The minimum Gasteiger partial charge on any atom is -0.350 e. The maximum absolute atomic E-state index is 4.35. The van der Waals surface area contributed by atoms with Crippen molar-refractivity contribution in [3.05, 3.63) is 54.5 Å². The topological polar surface area (TPSA) is 37.2 Å². The highest BCUT2D eigenvalue weighted by Crippen LogP contribution is 2.22. The molecular weight excluding hydrogens is 286 g/mol. The number of benzene rings is 1. The van der Waals surface area contributed by atoms with Crippen molar-refractivity contribution in [2.24, 2.45) is 7.05 Å². The molecule has 0 radical (unpaired) electrons. The van der Waals surface area contributed by atoms with Gasteiger partial charge in [0, 0.05) is 69.3 Å². The van der Waals surface area contributed by atoms with Crippen molar-refractivity contribution in [2.75, 3.05) is 31.1 Å². The second-order valence-corrected chi connectivity index (χ2v) is 6.09. The number of fused-ring (bicyclic) bond motifs is 1. The van der Waals surface area contributed by atoms with Crippen LogP contribution in [0, 0.1) is 0 Å². The number of anilines is 1. The Morgan fingerprint density at radius 3 is 2.48 bits per heavy atom. The standard InChI is InChI=1S/C18H21N5/c1-21-13-15(16-5-2-3-6-17(16)21)14-22-9-11-23(12-10-22)18-19-7-4-8-20-18/h2-8,13H,9-12,14H2,1H3. The Hall–Kier alpha value is -2.40. The number of nitrogens with zero attached hydrogens (tertiary/aromatic N) is 5. The largest absolute Gasteiger partial charge is 0.350 e. The maximum Gasteiger partial charge on any atom is 0.225 e. The van der Waals surface area contributed by atoms with Gasteiger partial charge in [0.25, 0.3) is 0 Å². The van der Waals surface area contributed by atoms with Gasteiger partial charge in [0.1, 0.15) is 0 Å². The SMILES string of the molecule is Cn1cc(CN2CCN(c3ncccn3)CC2)c2ccccc21. The van der Waals surface area contributed by atoms with Gasteiger partial charge in [-0.3, -0.25) is 4.90 Å². The molecule has 0 saturated carbocycles. The molecule has 0 unspecified atom stereocenters. The number of piperazine rings is 1. The summed E-state index contributed by atoms with van der Waals surface area (Å²) in [6, 6.07) is 10.5. The van der Waals surface area contributed by atoms with Crippen molar-refractivity contribution in [3.63, 3.8) is 0 Å². The first-order valence-corrected chi connectivity index (χ1v) is 8.08. The van der Waals surface area contributed by atoms with E-state index < -0.39 is 0 Å². The van der Waals surface area contributed by atoms with Crippen LogP contribution in [0.3, 0.4) is 0 Å². The van der Waals surface area contributed by atoms with Crippen LogP contribution in [-0.2, 0) is 13.6 Å². The fraction of sp³-hybridized carbons (Fsp3) is 0.333. The fourth-order valence-electron chi connectivity index (χ4n) is 3.35. The lowest BCUT2D eigenvalue weighted by atomic mass is 10.1. The van der Waals surface area contributed by atoms with E-state index in [1.807, 2.05) is 18.5 Å². The van der Waals surface area contributed by atoms with E-state index in [4.69, 9.17) is 0 Å². The van der Waals surface area contributed by atoms with Gasteiger partial charge in [0.15, 0.2) is 0 Å². The van der Waals surface area contributed by atoms with Crippen molar-refractivity contribution >= 4 is 16.9 Å². The lowest BCUT2D eigenvalue weighted by Gasteiger charge is -2.34. The van der Waals surface area contributed by atoms with Gasteiger partial charge < -0.3 is 9.47 Å². The molecule has 0 spiro atoms. The molecule has 2 aromatic heterocycles. The molecule has 5 heteroatoms. The van der Waals surface area contributed by atoms with Gasteiger partial charge in [-0.2, -0.15) is 0 Å². The minimum atomic E-state index is 0.845. The number of para-hydroxylation sites is 1. The van der Waals surface area contributed by atoms with Crippen molar-refractivity contribution in [3.8, 4) is 0 Å². The Morgan fingerprint density at radius 1 is 0.957 bits per heavy atom. The van der Waals surface area contributed by atoms with Gasteiger partial charge in [0.05, 0.1) is 0 Å². The van der Waals surface area contributed by atoms with E-state index in [0.29, 0.717) is 0 Å². The van der Waals surface area contributed by atoms with Crippen LogP contribution in [-0.4, -0.2) is 45.6 Å². The summed E-state index contributed by atoms with van der Waals surface area (Å²) < 4.78 is 2.22. The van der Waals surface area contributed by atoms with E-state index >= 15 is 0 Å². The predicted molar refractivity (Wildman–Crippen MR) is 92.4 cm³/mol. The Bertz CT molecular complexity index is 788. The summed E-state index contributed by atoms with van der Waals surface area (Å²) in [5.74, 6) is 0.845. The molecule has 0 amide bonds. The van der Waals surface area contributed by atoms with Crippen molar-refractivity contribution in [1.82, 2.24) is 19.4 Å². The van der Waals surface area contributed by atoms with Crippen LogP contribution in [0.2, 0.25) is 0 Å². The molecule has 3 aromatic rings. The van der Waals surface area contributed by atoms with Crippen LogP contribution in [0.5, 0.6) is 0 Å². The maximum atomic E-state index is 4.35. The third kappa shape index (κ3) is 2.80. The van der Waals surface area contributed by atoms with E-state index in [-0.39, 0.29) is 0 Å². The number of aromatic nitrogens is 3. The summed E-state index contributed by atoms with van der Waals surface area (Å²) >= 11 is 0. The smallest absolute Gasteiger partial charge is 0.225 e. The summed E-state index contributed by atoms with van der Waals surface area (Å²) in [6.07, 6.45) is 5.88. The van der Waals surface area contributed by atoms with Crippen LogP contribution in [0.15, 0.2) is 48.9 Å². The third-order valence-electron chi connectivity index (χ3n) is 4.58. The fourth-order valence-corrected chi connectivity index (χ4v) is 3.35. The summed E-state index contributed by atoms with van der Waals surface area (Å²) in [5, 5.41) is 1.36. The van der Waals surface area contributed by atoms with Gasteiger partial charge in [-0.05, 0) is 17.7 Å². The predicted octanol–water partition coefficient (Wildman–Crippen LogP) is 2.29. The zero-order chi connectivity index (χ0) is 15.6. The molecule has 5 nitrogen and oxygen atoms in total. The first kappa shape index (κ1) is 14.2. The Kier molecular flexibility index (Phi) is 3.71. The molecule has 1 saturated heterocycles. The molecule has 1 aliphatic rings. The molecule has 1 fully saturated rings. The quantitative estimate of drug-likeness (QED) is 0.744. The van der Waals surface area contributed by atoms with Crippen LogP contribution < -0.4 is 4.90 Å². The number of aryl methyl sites for hydroxylation is 1. The molecule has 0 aliphatic carbocycles. The molecule has 4 rings (SSSR count). The number of rotatable bonds is 3. The molecule has 118 valence electrons.